The summed E-state index contributed by atoms with van der Waals surface area (Å²) in [6.45, 7) is 1.41. The Bertz CT molecular complexity index is 308. The van der Waals surface area contributed by atoms with Crippen LogP contribution in [0.25, 0.3) is 0 Å². The molecule has 1 aliphatic rings. The smallest absolute Gasteiger partial charge is 0.305 e. The minimum absolute atomic E-state index is 0. The number of nitrogens with one attached hydrogen (secondary N) is 1. The van der Waals surface area contributed by atoms with Crippen LogP contribution in [-0.4, -0.2) is 33.7 Å². The third-order valence-corrected chi connectivity index (χ3v) is 2.44. The molecule has 1 aromatic heterocycles. The summed E-state index contributed by atoms with van der Waals surface area (Å²) in [7, 11) is 0. The van der Waals surface area contributed by atoms with Crippen LogP contribution < -0.4 is 5.32 Å². The number of rotatable bonds is 3. The van der Waals surface area contributed by atoms with Gasteiger partial charge in [0, 0.05) is 25.5 Å². The lowest BCUT2D eigenvalue weighted by Crippen LogP contribution is -2.61. The van der Waals surface area contributed by atoms with Gasteiger partial charge in [-0.1, -0.05) is 0 Å². The van der Waals surface area contributed by atoms with Gasteiger partial charge in [0.05, 0.1) is 18.3 Å². The molecule has 1 fully saturated rings. The van der Waals surface area contributed by atoms with Crippen LogP contribution in [0.15, 0.2) is 18.7 Å². The lowest BCUT2D eigenvalue weighted by atomic mass is 9.88. The number of aliphatic carboxylic acids is 1. The van der Waals surface area contributed by atoms with E-state index in [1.807, 2.05) is 10.8 Å². The minimum Gasteiger partial charge on any atom is -0.481 e. The number of carbonyl (C=O) groups is 1. The molecule has 2 rings (SSSR count). The van der Waals surface area contributed by atoms with E-state index < -0.39 is 5.97 Å². The Morgan fingerprint density at radius 3 is 2.71 bits per heavy atom. The number of carboxylic acid groups (broad SMARTS) is 1. The average Bonchev–Trinajstić information content (AvgIpc) is 2.48. The SMILES string of the molecule is Cl.O=C(O)CC1(n2ccnc2)CNC1. The van der Waals surface area contributed by atoms with Gasteiger partial charge in [-0.2, -0.15) is 0 Å². The predicted octanol–water partition coefficient (Wildman–Crippen LogP) is 0.0781. The molecule has 0 radical (unpaired) electrons. The van der Waals surface area contributed by atoms with Crippen molar-refractivity contribution in [3.8, 4) is 0 Å². The molecule has 5 nitrogen and oxygen atoms in total. The van der Waals surface area contributed by atoms with Crippen molar-refractivity contribution >= 4 is 18.4 Å². The zero-order valence-electron chi connectivity index (χ0n) is 7.51. The highest BCUT2D eigenvalue weighted by Gasteiger charge is 2.40. The second-order valence-corrected chi connectivity index (χ2v) is 3.37. The Labute approximate surface area is 87.5 Å². The third kappa shape index (κ3) is 1.73. The molecule has 0 saturated carbocycles. The van der Waals surface area contributed by atoms with E-state index >= 15 is 0 Å². The lowest BCUT2D eigenvalue weighted by molar-refractivity contribution is -0.140. The van der Waals surface area contributed by atoms with Crippen LogP contribution in [0, 0.1) is 0 Å². The number of hydrogen-bond acceptors (Lipinski definition) is 3. The summed E-state index contributed by atoms with van der Waals surface area (Å²) in [4.78, 5) is 14.6. The molecule has 0 atom stereocenters. The second-order valence-electron chi connectivity index (χ2n) is 3.37. The van der Waals surface area contributed by atoms with Gasteiger partial charge in [0.1, 0.15) is 0 Å². The molecule has 1 aromatic rings. The highest BCUT2D eigenvalue weighted by molar-refractivity contribution is 5.85. The lowest BCUT2D eigenvalue weighted by Gasteiger charge is -2.42. The Morgan fingerprint density at radius 2 is 2.36 bits per heavy atom. The molecule has 1 aliphatic heterocycles. The number of halogens is 1. The maximum Gasteiger partial charge on any atom is 0.305 e. The van der Waals surface area contributed by atoms with Crippen molar-refractivity contribution in [1.82, 2.24) is 14.9 Å². The molecule has 0 spiro atoms. The number of carboxylic acids is 1. The molecular weight excluding hydrogens is 206 g/mol. The normalized spacial score (nSPS) is 18.0. The first kappa shape index (κ1) is 11.0. The largest absolute Gasteiger partial charge is 0.481 e. The Balaban J connectivity index is 0.000000980. The quantitative estimate of drug-likeness (QED) is 0.753. The minimum atomic E-state index is -0.768. The number of aromatic nitrogens is 2. The van der Waals surface area contributed by atoms with E-state index in [4.69, 9.17) is 5.11 Å². The van der Waals surface area contributed by atoms with E-state index in [1.165, 1.54) is 0 Å². The molecule has 2 heterocycles. The molecule has 78 valence electrons. The monoisotopic (exact) mass is 217 g/mol. The zero-order chi connectivity index (χ0) is 9.31. The van der Waals surface area contributed by atoms with E-state index in [-0.39, 0.29) is 24.4 Å². The van der Waals surface area contributed by atoms with Crippen molar-refractivity contribution in [1.29, 1.82) is 0 Å². The fourth-order valence-corrected chi connectivity index (χ4v) is 1.63. The van der Waals surface area contributed by atoms with Crippen molar-refractivity contribution in [2.75, 3.05) is 13.1 Å². The highest BCUT2D eigenvalue weighted by atomic mass is 35.5. The molecule has 0 aromatic carbocycles. The second kappa shape index (κ2) is 3.98. The first-order valence-corrected chi connectivity index (χ1v) is 4.14. The summed E-state index contributed by atoms with van der Waals surface area (Å²) in [5.41, 5.74) is -0.289. The summed E-state index contributed by atoms with van der Waals surface area (Å²) in [5.74, 6) is -0.768. The van der Waals surface area contributed by atoms with Gasteiger partial charge in [-0.25, -0.2) is 4.98 Å². The average molecular weight is 218 g/mol. The number of imidazole rings is 1. The van der Waals surface area contributed by atoms with E-state index in [0.717, 1.165) is 0 Å². The van der Waals surface area contributed by atoms with Gasteiger partial charge in [-0.15, -0.1) is 12.4 Å². The van der Waals surface area contributed by atoms with E-state index in [2.05, 4.69) is 10.3 Å². The Kier molecular flexibility index (Phi) is 3.13. The van der Waals surface area contributed by atoms with Crippen LogP contribution in [0.3, 0.4) is 0 Å². The summed E-state index contributed by atoms with van der Waals surface area (Å²) < 4.78 is 1.87. The zero-order valence-corrected chi connectivity index (χ0v) is 8.33. The summed E-state index contributed by atoms with van der Waals surface area (Å²) >= 11 is 0. The van der Waals surface area contributed by atoms with Crippen LogP contribution in [0.1, 0.15) is 6.42 Å². The van der Waals surface area contributed by atoms with Crippen LogP contribution in [0.2, 0.25) is 0 Å². The van der Waals surface area contributed by atoms with Crippen LogP contribution in [0.5, 0.6) is 0 Å². The molecule has 1 saturated heterocycles. The first-order chi connectivity index (χ1) is 6.23. The van der Waals surface area contributed by atoms with Gasteiger partial charge >= 0.3 is 5.97 Å². The van der Waals surface area contributed by atoms with Gasteiger partial charge in [0.2, 0.25) is 0 Å². The molecule has 0 amide bonds. The van der Waals surface area contributed by atoms with Crippen molar-refractivity contribution in [3.63, 3.8) is 0 Å². The Hall–Kier alpha value is -1.07. The highest BCUT2D eigenvalue weighted by Crippen LogP contribution is 2.25. The van der Waals surface area contributed by atoms with Crippen molar-refractivity contribution in [2.24, 2.45) is 0 Å². The summed E-state index contributed by atoms with van der Waals surface area (Å²) in [6, 6.07) is 0. The molecule has 0 bridgehead atoms. The third-order valence-electron chi connectivity index (χ3n) is 2.44. The van der Waals surface area contributed by atoms with E-state index in [9.17, 15) is 4.79 Å². The standard InChI is InChI=1S/C8H11N3O2.ClH/c12-7(13)3-8(4-10-5-8)11-2-1-9-6-11;/h1-2,6,10H,3-5H2,(H,12,13);1H. The maximum atomic E-state index is 10.6. The van der Waals surface area contributed by atoms with Crippen LogP contribution in [-0.2, 0) is 10.3 Å². The fourth-order valence-electron chi connectivity index (χ4n) is 1.63. The topological polar surface area (TPSA) is 67.1 Å². The first-order valence-electron chi connectivity index (χ1n) is 4.14. The molecular formula is C8H12ClN3O2. The molecule has 14 heavy (non-hydrogen) atoms. The van der Waals surface area contributed by atoms with Gasteiger partial charge < -0.3 is 15.0 Å². The maximum absolute atomic E-state index is 10.6. The van der Waals surface area contributed by atoms with Crippen molar-refractivity contribution in [3.05, 3.63) is 18.7 Å². The van der Waals surface area contributed by atoms with Gasteiger partial charge in [-0.3, -0.25) is 4.79 Å². The number of nitrogens with zero attached hydrogens (tertiary/aromatic N) is 2. The van der Waals surface area contributed by atoms with Crippen molar-refractivity contribution in [2.45, 2.75) is 12.0 Å². The molecule has 0 unspecified atom stereocenters. The predicted molar refractivity (Wildman–Crippen MR) is 52.6 cm³/mol. The summed E-state index contributed by atoms with van der Waals surface area (Å²) in [6.07, 6.45) is 5.30. The Morgan fingerprint density at radius 1 is 1.64 bits per heavy atom. The fraction of sp³-hybridized carbons (Fsp3) is 0.500. The number of hydrogen-bond donors (Lipinski definition) is 2. The van der Waals surface area contributed by atoms with Gasteiger partial charge in [0.25, 0.3) is 0 Å². The van der Waals surface area contributed by atoms with E-state index in [0.29, 0.717) is 13.1 Å². The van der Waals surface area contributed by atoms with Crippen molar-refractivity contribution < 1.29 is 9.90 Å². The summed E-state index contributed by atoms with van der Waals surface area (Å²) in [5, 5.41) is 11.8. The van der Waals surface area contributed by atoms with Gasteiger partial charge in [-0.05, 0) is 0 Å². The molecule has 2 N–H and O–H groups in total. The molecule has 0 aliphatic carbocycles. The van der Waals surface area contributed by atoms with E-state index in [1.54, 1.807) is 12.5 Å². The van der Waals surface area contributed by atoms with Gasteiger partial charge in [0.15, 0.2) is 0 Å². The van der Waals surface area contributed by atoms with Crippen LogP contribution in [0.4, 0.5) is 0 Å². The molecule has 6 heteroatoms. The van der Waals surface area contributed by atoms with Crippen LogP contribution >= 0.6 is 12.4 Å².